The molecule has 0 saturated heterocycles. The van der Waals surface area contributed by atoms with Gasteiger partial charge in [0, 0.05) is 19.4 Å². The van der Waals surface area contributed by atoms with Crippen LogP contribution in [0.25, 0.3) is 0 Å². The molecule has 0 aliphatic carbocycles. The standard InChI is InChI=1S/C14H17N3OS/c1-11(12-6-4-3-5-7-12)16-13(18)10-19-14-15-8-9-17(14)2/h3-9,11H,10H2,1-2H3,(H,16,18). The molecule has 0 aliphatic rings. The van der Waals surface area contributed by atoms with Crippen LogP contribution in [0.15, 0.2) is 47.9 Å². The lowest BCUT2D eigenvalue weighted by molar-refractivity contribution is -0.119. The van der Waals surface area contributed by atoms with E-state index in [1.807, 2.05) is 55.1 Å². The van der Waals surface area contributed by atoms with Gasteiger partial charge in [0.2, 0.25) is 5.91 Å². The maximum Gasteiger partial charge on any atom is 0.230 e. The third-order valence-corrected chi connectivity index (χ3v) is 3.84. The summed E-state index contributed by atoms with van der Waals surface area (Å²) in [6.07, 6.45) is 3.60. The molecule has 1 unspecified atom stereocenters. The molecular formula is C14H17N3OS. The van der Waals surface area contributed by atoms with Gasteiger partial charge >= 0.3 is 0 Å². The molecule has 1 heterocycles. The first kappa shape index (κ1) is 13.7. The Bertz CT molecular complexity index is 539. The first-order valence-electron chi connectivity index (χ1n) is 6.11. The number of carbonyl (C=O) groups is 1. The fraction of sp³-hybridized carbons (Fsp3) is 0.286. The second-order valence-corrected chi connectivity index (χ2v) is 5.25. The predicted octanol–water partition coefficient (Wildman–Crippen LogP) is 2.39. The molecule has 1 amide bonds. The number of aryl methyl sites for hydroxylation is 1. The molecule has 1 N–H and O–H groups in total. The Balaban J connectivity index is 1.83. The van der Waals surface area contributed by atoms with E-state index < -0.39 is 0 Å². The van der Waals surface area contributed by atoms with Gasteiger partial charge < -0.3 is 9.88 Å². The summed E-state index contributed by atoms with van der Waals surface area (Å²) in [6, 6.07) is 9.96. The zero-order chi connectivity index (χ0) is 13.7. The van der Waals surface area contributed by atoms with E-state index >= 15 is 0 Å². The van der Waals surface area contributed by atoms with Crippen LogP contribution in [-0.4, -0.2) is 21.2 Å². The van der Waals surface area contributed by atoms with Crippen molar-refractivity contribution in [3.8, 4) is 0 Å². The maximum absolute atomic E-state index is 11.9. The van der Waals surface area contributed by atoms with Crippen molar-refractivity contribution in [1.82, 2.24) is 14.9 Å². The van der Waals surface area contributed by atoms with E-state index in [-0.39, 0.29) is 11.9 Å². The fourth-order valence-corrected chi connectivity index (χ4v) is 2.47. The Hall–Kier alpha value is -1.75. The highest BCUT2D eigenvalue weighted by Crippen LogP contribution is 2.15. The Morgan fingerprint density at radius 2 is 2.16 bits per heavy atom. The van der Waals surface area contributed by atoms with E-state index in [9.17, 15) is 4.79 Å². The Morgan fingerprint density at radius 1 is 1.42 bits per heavy atom. The molecule has 0 spiro atoms. The van der Waals surface area contributed by atoms with Crippen molar-refractivity contribution in [3.63, 3.8) is 0 Å². The highest BCUT2D eigenvalue weighted by Gasteiger charge is 2.10. The summed E-state index contributed by atoms with van der Waals surface area (Å²) in [6.45, 7) is 1.98. The highest BCUT2D eigenvalue weighted by atomic mass is 32.2. The van der Waals surface area contributed by atoms with Gasteiger partial charge in [0.15, 0.2) is 5.16 Å². The molecule has 100 valence electrons. The van der Waals surface area contributed by atoms with E-state index in [2.05, 4.69) is 10.3 Å². The van der Waals surface area contributed by atoms with Gasteiger partial charge in [-0.2, -0.15) is 0 Å². The Kier molecular flexibility index (Phi) is 4.63. The van der Waals surface area contributed by atoms with Crippen molar-refractivity contribution < 1.29 is 4.79 Å². The summed E-state index contributed by atoms with van der Waals surface area (Å²) in [4.78, 5) is 16.0. The molecule has 0 radical (unpaired) electrons. The van der Waals surface area contributed by atoms with Crippen LogP contribution in [0.5, 0.6) is 0 Å². The minimum absolute atomic E-state index is 0.0179. The highest BCUT2D eigenvalue weighted by molar-refractivity contribution is 7.99. The number of hydrogen-bond acceptors (Lipinski definition) is 3. The zero-order valence-corrected chi connectivity index (χ0v) is 11.9. The number of rotatable bonds is 5. The smallest absolute Gasteiger partial charge is 0.230 e. The molecule has 5 heteroatoms. The molecule has 1 aromatic heterocycles. The van der Waals surface area contributed by atoms with Gasteiger partial charge in [-0.3, -0.25) is 4.79 Å². The van der Waals surface area contributed by atoms with Gasteiger partial charge in [-0.25, -0.2) is 4.98 Å². The minimum Gasteiger partial charge on any atom is -0.349 e. The number of imidazole rings is 1. The average Bonchev–Trinajstić information content (AvgIpc) is 2.83. The molecule has 0 bridgehead atoms. The molecule has 2 rings (SSSR count). The molecule has 0 aliphatic heterocycles. The number of amides is 1. The molecule has 19 heavy (non-hydrogen) atoms. The summed E-state index contributed by atoms with van der Waals surface area (Å²) in [7, 11) is 1.92. The van der Waals surface area contributed by atoms with Crippen molar-refractivity contribution in [1.29, 1.82) is 0 Å². The first-order chi connectivity index (χ1) is 9.16. The van der Waals surface area contributed by atoms with Crippen molar-refractivity contribution >= 4 is 17.7 Å². The van der Waals surface area contributed by atoms with Crippen LogP contribution in [-0.2, 0) is 11.8 Å². The zero-order valence-electron chi connectivity index (χ0n) is 11.0. The van der Waals surface area contributed by atoms with Gasteiger partial charge in [0.05, 0.1) is 11.8 Å². The number of nitrogens with zero attached hydrogens (tertiary/aromatic N) is 2. The van der Waals surface area contributed by atoms with Crippen LogP contribution in [0.3, 0.4) is 0 Å². The maximum atomic E-state index is 11.9. The third kappa shape index (κ3) is 3.86. The fourth-order valence-electron chi connectivity index (χ4n) is 1.73. The van der Waals surface area contributed by atoms with Gasteiger partial charge in [-0.05, 0) is 12.5 Å². The van der Waals surface area contributed by atoms with Gasteiger partial charge in [-0.15, -0.1) is 0 Å². The molecule has 1 aromatic carbocycles. The summed E-state index contributed by atoms with van der Waals surface area (Å²) < 4.78 is 1.90. The number of aromatic nitrogens is 2. The van der Waals surface area contributed by atoms with E-state index in [1.54, 1.807) is 6.20 Å². The molecular weight excluding hydrogens is 258 g/mol. The topological polar surface area (TPSA) is 46.9 Å². The largest absolute Gasteiger partial charge is 0.349 e. The second-order valence-electron chi connectivity index (χ2n) is 4.31. The van der Waals surface area contributed by atoms with Crippen LogP contribution in [0.1, 0.15) is 18.5 Å². The van der Waals surface area contributed by atoms with Crippen LogP contribution < -0.4 is 5.32 Å². The molecule has 0 saturated carbocycles. The van der Waals surface area contributed by atoms with Gasteiger partial charge in [0.1, 0.15) is 0 Å². The number of carbonyl (C=O) groups excluding carboxylic acids is 1. The first-order valence-corrected chi connectivity index (χ1v) is 7.10. The number of nitrogens with one attached hydrogen (secondary N) is 1. The molecule has 4 nitrogen and oxygen atoms in total. The molecule has 0 fully saturated rings. The van der Waals surface area contributed by atoms with E-state index in [0.717, 1.165) is 10.7 Å². The van der Waals surface area contributed by atoms with E-state index in [0.29, 0.717) is 5.75 Å². The van der Waals surface area contributed by atoms with Crippen LogP contribution in [0, 0.1) is 0 Å². The number of thioether (sulfide) groups is 1. The third-order valence-electron chi connectivity index (χ3n) is 2.79. The Labute approximate surface area is 117 Å². The Morgan fingerprint density at radius 3 is 2.79 bits per heavy atom. The van der Waals surface area contributed by atoms with E-state index in [4.69, 9.17) is 0 Å². The summed E-state index contributed by atoms with van der Waals surface area (Å²) >= 11 is 1.44. The van der Waals surface area contributed by atoms with Crippen LogP contribution in [0.4, 0.5) is 0 Å². The summed E-state index contributed by atoms with van der Waals surface area (Å²) in [5.41, 5.74) is 1.11. The van der Waals surface area contributed by atoms with Gasteiger partial charge in [-0.1, -0.05) is 42.1 Å². The lowest BCUT2D eigenvalue weighted by atomic mass is 10.1. The van der Waals surface area contributed by atoms with Gasteiger partial charge in [0.25, 0.3) is 0 Å². The SMILES string of the molecule is CC(NC(=O)CSc1nccn1C)c1ccccc1. The second kappa shape index (κ2) is 6.43. The lowest BCUT2D eigenvalue weighted by Gasteiger charge is -2.13. The molecule has 1 atom stereocenters. The van der Waals surface area contributed by atoms with E-state index in [1.165, 1.54) is 11.8 Å². The molecule has 2 aromatic rings. The van der Waals surface area contributed by atoms with Crippen molar-refractivity contribution in [2.24, 2.45) is 7.05 Å². The number of hydrogen-bond donors (Lipinski definition) is 1. The minimum atomic E-state index is 0.0179. The van der Waals surface area contributed by atoms with Crippen molar-refractivity contribution in [2.45, 2.75) is 18.1 Å². The normalized spacial score (nSPS) is 12.1. The summed E-state index contributed by atoms with van der Waals surface area (Å²) in [5, 5.41) is 3.83. The van der Waals surface area contributed by atoms with Crippen molar-refractivity contribution in [3.05, 3.63) is 48.3 Å². The van der Waals surface area contributed by atoms with Crippen molar-refractivity contribution in [2.75, 3.05) is 5.75 Å². The summed E-state index contributed by atoms with van der Waals surface area (Å²) in [5.74, 6) is 0.395. The monoisotopic (exact) mass is 275 g/mol. The van der Waals surface area contributed by atoms with Crippen LogP contribution in [0.2, 0.25) is 0 Å². The quantitative estimate of drug-likeness (QED) is 0.852. The average molecular weight is 275 g/mol. The lowest BCUT2D eigenvalue weighted by Crippen LogP contribution is -2.28. The number of benzene rings is 1. The van der Waals surface area contributed by atoms with Crippen LogP contribution >= 0.6 is 11.8 Å². The predicted molar refractivity (Wildman–Crippen MR) is 76.9 cm³/mol.